The van der Waals surface area contributed by atoms with Crippen molar-refractivity contribution in [2.45, 2.75) is 6.61 Å². The van der Waals surface area contributed by atoms with Gasteiger partial charge in [-0.2, -0.15) is 0 Å². The molecule has 0 bridgehead atoms. The number of halogens is 2. The zero-order chi connectivity index (χ0) is 21.5. The van der Waals surface area contributed by atoms with Crippen LogP contribution in [0.4, 0.5) is 4.79 Å². The molecule has 2 aliphatic rings. The van der Waals surface area contributed by atoms with Gasteiger partial charge >= 0.3 is 6.09 Å². The van der Waals surface area contributed by atoms with Crippen molar-refractivity contribution in [1.82, 2.24) is 19.8 Å². The maximum absolute atomic E-state index is 12.9. The summed E-state index contributed by atoms with van der Waals surface area (Å²) in [5, 5.41) is 1.01. The van der Waals surface area contributed by atoms with E-state index in [0.717, 1.165) is 16.6 Å². The zero-order valence-electron chi connectivity index (χ0n) is 16.6. The summed E-state index contributed by atoms with van der Waals surface area (Å²) in [6.45, 7) is 2.56. The number of imidazole rings is 1. The van der Waals surface area contributed by atoms with E-state index in [-0.39, 0.29) is 30.4 Å². The first kappa shape index (κ1) is 20.2. The standard InChI is InChI=1S/C22H20Cl2N4O3/c23-17-3-13(4-18(24)6-17)11-31-22(30)28-9-15-7-27(8-16(15)10-28)21(29)14-1-2-19-20(5-14)26-12-25-19/h1-6,12,15-16H,7-11H2,(H,25,26)/t15-,16-/m1/s1. The molecule has 2 saturated heterocycles. The van der Waals surface area contributed by atoms with Gasteiger partial charge in [-0.05, 0) is 42.0 Å². The maximum atomic E-state index is 12.9. The fraction of sp³-hybridized carbons (Fsp3) is 0.318. The number of carbonyl (C=O) groups excluding carboxylic acids is 2. The van der Waals surface area contributed by atoms with Crippen molar-refractivity contribution in [1.29, 1.82) is 0 Å². The van der Waals surface area contributed by atoms with Crippen LogP contribution in [0.15, 0.2) is 42.7 Å². The van der Waals surface area contributed by atoms with Crippen LogP contribution < -0.4 is 0 Å². The predicted octanol–water partition coefficient (Wildman–Crippen LogP) is 4.21. The van der Waals surface area contributed by atoms with E-state index in [9.17, 15) is 9.59 Å². The highest BCUT2D eigenvalue weighted by Crippen LogP contribution is 2.32. The molecule has 0 aliphatic carbocycles. The normalized spacial score (nSPS) is 20.3. The van der Waals surface area contributed by atoms with Gasteiger partial charge in [0.05, 0.1) is 17.4 Å². The molecule has 2 fully saturated rings. The minimum Gasteiger partial charge on any atom is -0.445 e. The molecule has 2 aromatic carbocycles. The number of hydrogen-bond donors (Lipinski definition) is 1. The molecule has 2 atom stereocenters. The number of aromatic amines is 1. The SMILES string of the molecule is O=C(OCc1cc(Cl)cc(Cl)c1)N1C[C@H]2CN(C(=O)c3ccc4nc[nH]c4c3)C[C@@H]2C1. The molecule has 3 aromatic rings. The number of likely N-dealkylation sites (tertiary alicyclic amines) is 2. The molecular formula is C22H20Cl2N4O3. The smallest absolute Gasteiger partial charge is 0.410 e. The molecule has 0 unspecified atom stereocenters. The molecule has 1 aromatic heterocycles. The maximum Gasteiger partial charge on any atom is 0.410 e. The zero-order valence-corrected chi connectivity index (χ0v) is 18.1. The van der Waals surface area contributed by atoms with Gasteiger partial charge < -0.3 is 19.5 Å². The minimum absolute atomic E-state index is 0.0119. The van der Waals surface area contributed by atoms with Crippen LogP contribution >= 0.6 is 23.2 Å². The lowest BCUT2D eigenvalue weighted by molar-refractivity contribution is 0.0764. The molecule has 9 heteroatoms. The van der Waals surface area contributed by atoms with E-state index in [0.29, 0.717) is 41.8 Å². The summed E-state index contributed by atoms with van der Waals surface area (Å²) in [6, 6.07) is 10.6. The van der Waals surface area contributed by atoms with Gasteiger partial charge in [0, 0.05) is 53.6 Å². The van der Waals surface area contributed by atoms with Crippen LogP contribution in [0.25, 0.3) is 11.0 Å². The quantitative estimate of drug-likeness (QED) is 0.637. The van der Waals surface area contributed by atoms with Crippen molar-refractivity contribution < 1.29 is 14.3 Å². The van der Waals surface area contributed by atoms with Crippen molar-refractivity contribution >= 4 is 46.2 Å². The van der Waals surface area contributed by atoms with Gasteiger partial charge in [-0.25, -0.2) is 9.78 Å². The van der Waals surface area contributed by atoms with E-state index < -0.39 is 0 Å². The van der Waals surface area contributed by atoms with E-state index in [2.05, 4.69) is 9.97 Å². The molecule has 3 heterocycles. The van der Waals surface area contributed by atoms with Crippen LogP contribution in [-0.4, -0.2) is 57.9 Å². The molecule has 0 radical (unpaired) electrons. The summed E-state index contributed by atoms with van der Waals surface area (Å²) >= 11 is 12.0. The lowest BCUT2D eigenvalue weighted by atomic mass is 10.0. The van der Waals surface area contributed by atoms with E-state index in [1.54, 1.807) is 29.4 Å². The van der Waals surface area contributed by atoms with Crippen LogP contribution in [0.5, 0.6) is 0 Å². The summed E-state index contributed by atoms with van der Waals surface area (Å²) in [5.41, 5.74) is 3.08. The Labute approximate surface area is 188 Å². The van der Waals surface area contributed by atoms with Crippen molar-refractivity contribution in [3.63, 3.8) is 0 Å². The largest absolute Gasteiger partial charge is 0.445 e. The van der Waals surface area contributed by atoms with Gasteiger partial charge in [0.1, 0.15) is 6.61 Å². The summed E-state index contributed by atoms with van der Waals surface area (Å²) in [6.07, 6.45) is 1.27. The van der Waals surface area contributed by atoms with E-state index in [4.69, 9.17) is 27.9 Å². The molecule has 0 spiro atoms. The molecule has 0 saturated carbocycles. The first-order chi connectivity index (χ1) is 15.0. The number of fused-ring (bicyclic) bond motifs is 2. The fourth-order valence-electron chi connectivity index (χ4n) is 4.49. The number of carbonyl (C=O) groups is 2. The average Bonchev–Trinajstić information content (AvgIpc) is 3.44. The molecule has 160 valence electrons. The Bertz CT molecular complexity index is 1130. The molecule has 1 N–H and O–H groups in total. The second kappa shape index (κ2) is 8.05. The van der Waals surface area contributed by atoms with Crippen molar-refractivity contribution in [2.24, 2.45) is 11.8 Å². The molecular weight excluding hydrogens is 439 g/mol. The number of nitrogens with zero attached hydrogens (tertiary/aromatic N) is 3. The van der Waals surface area contributed by atoms with Gasteiger partial charge in [-0.3, -0.25) is 4.79 Å². The summed E-state index contributed by atoms with van der Waals surface area (Å²) in [4.78, 5) is 36.3. The first-order valence-corrected chi connectivity index (χ1v) is 10.8. The Morgan fingerprint density at radius 3 is 2.39 bits per heavy atom. The molecule has 2 amide bonds. The molecule has 5 rings (SSSR count). The number of ether oxygens (including phenoxy) is 1. The fourth-order valence-corrected chi connectivity index (χ4v) is 5.06. The van der Waals surface area contributed by atoms with Crippen LogP contribution in [0, 0.1) is 11.8 Å². The first-order valence-electron chi connectivity index (χ1n) is 10.1. The predicted molar refractivity (Wildman–Crippen MR) is 117 cm³/mol. The molecule has 7 nitrogen and oxygen atoms in total. The van der Waals surface area contributed by atoms with Crippen LogP contribution in [0.1, 0.15) is 15.9 Å². The van der Waals surface area contributed by atoms with Gasteiger partial charge in [-0.15, -0.1) is 0 Å². The highest BCUT2D eigenvalue weighted by Gasteiger charge is 2.43. The molecule has 2 aliphatic heterocycles. The monoisotopic (exact) mass is 458 g/mol. The Kier molecular flexibility index (Phi) is 5.24. The minimum atomic E-state index is -0.354. The second-order valence-electron chi connectivity index (χ2n) is 8.10. The number of aromatic nitrogens is 2. The van der Waals surface area contributed by atoms with Crippen molar-refractivity contribution in [3.05, 3.63) is 63.9 Å². The summed E-state index contributed by atoms with van der Waals surface area (Å²) in [5.74, 6) is 0.527. The van der Waals surface area contributed by atoms with Crippen molar-refractivity contribution in [3.8, 4) is 0 Å². The van der Waals surface area contributed by atoms with Gasteiger partial charge in [0.15, 0.2) is 0 Å². The van der Waals surface area contributed by atoms with Crippen LogP contribution in [0.2, 0.25) is 10.0 Å². The third-order valence-corrected chi connectivity index (χ3v) is 6.42. The highest BCUT2D eigenvalue weighted by molar-refractivity contribution is 6.34. The highest BCUT2D eigenvalue weighted by atomic mass is 35.5. The number of nitrogens with one attached hydrogen (secondary N) is 1. The van der Waals surface area contributed by atoms with E-state index in [1.165, 1.54) is 0 Å². The number of hydrogen-bond acceptors (Lipinski definition) is 4. The van der Waals surface area contributed by atoms with E-state index in [1.807, 2.05) is 23.1 Å². The average molecular weight is 459 g/mol. The summed E-state index contributed by atoms with van der Waals surface area (Å²) in [7, 11) is 0. The van der Waals surface area contributed by atoms with E-state index >= 15 is 0 Å². The van der Waals surface area contributed by atoms with Crippen LogP contribution in [0.3, 0.4) is 0 Å². The number of benzene rings is 2. The van der Waals surface area contributed by atoms with Gasteiger partial charge in [0.2, 0.25) is 0 Å². The van der Waals surface area contributed by atoms with Gasteiger partial charge in [-0.1, -0.05) is 23.2 Å². The number of rotatable bonds is 3. The second-order valence-corrected chi connectivity index (χ2v) is 8.97. The van der Waals surface area contributed by atoms with Crippen molar-refractivity contribution in [2.75, 3.05) is 26.2 Å². The number of amides is 2. The lowest BCUT2D eigenvalue weighted by Gasteiger charge is -2.21. The Hall–Kier alpha value is -2.77. The third-order valence-electron chi connectivity index (χ3n) is 5.98. The Balaban J connectivity index is 1.16. The Morgan fingerprint density at radius 2 is 1.68 bits per heavy atom. The Morgan fingerprint density at radius 1 is 1.00 bits per heavy atom. The van der Waals surface area contributed by atoms with Crippen LogP contribution in [-0.2, 0) is 11.3 Å². The lowest BCUT2D eigenvalue weighted by Crippen LogP contribution is -2.35. The topological polar surface area (TPSA) is 78.5 Å². The molecule has 31 heavy (non-hydrogen) atoms. The van der Waals surface area contributed by atoms with Gasteiger partial charge in [0.25, 0.3) is 5.91 Å². The number of H-pyrrole nitrogens is 1. The summed E-state index contributed by atoms with van der Waals surface area (Å²) < 4.78 is 5.44. The third kappa shape index (κ3) is 4.07.